The first kappa shape index (κ1) is 26.6. The molecule has 8 heteroatoms. The number of esters is 1. The van der Waals surface area contributed by atoms with E-state index in [1.54, 1.807) is 24.3 Å². The molecular formula is C27H33NO6S. The molecule has 1 atom stereocenters. The van der Waals surface area contributed by atoms with Gasteiger partial charge in [-0.25, -0.2) is 18.0 Å². The maximum atomic E-state index is 13.3. The Morgan fingerprint density at radius 3 is 2.34 bits per heavy atom. The highest BCUT2D eigenvalue weighted by atomic mass is 32.2. The minimum absolute atomic E-state index is 0.0852. The first-order valence-corrected chi connectivity index (χ1v) is 13.5. The lowest BCUT2D eigenvalue weighted by atomic mass is 10.0. The van der Waals surface area contributed by atoms with Gasteiger partial charge in [0.25, 0.3) is 0 Å². The van der Waals surface area contributed by atoms with Gasteiger partial charge in [-0.15, -0.1) is 0 Å². The van der Waals surface area contributed by atoms with Crippen LogP contribution >= 0.6 is 0 Å². The molecule has 3 aromatic rings. The molecule has 35 heavy (non-hydrogen) atoms. The minimum Gasteiger partial charge on any atom is -0.425 e. The van der Waals surface area contributed by atoms with Crippen LogP contribution in [-0.2, 0) is 21.2 Å². The van der Waals surface area contributed by atoms with E-state index in [0.717, 1.165) is 36.0 Å². The number of rotatable bonds is 11. The van der Waals surface area contributed by atoms with Gasteiger partial charge >= 0.3 is 11.6 Å². The Labute approximate surface area is 206 Å². The van der Waals surface area contributed by atoms with Gasteiger partial charge in [0.05, 0.1) is 10.3 Å². The van der Waals surface area contributed by atoms with Crippen LogP contribution in [0.4, 0.5) is 0 Å². The number of carbonyl (C=O) groups is 1. The van der Waals surface area contributed by atoms with Crippen molar-refractivity contribution in [2.24, 2.45) is 0 Å². The van der Waals surface area contributed by atoms with Crippen LogP contribution in [0.2, 0.25) is 0 Å². The quantitative estimate of drug-likeness (QED) is 0.221. The van der Waals surface area contributed by atoms with Crippen LogP contribution < -0.4 is 15.1 Å². The van der Waals surface area contributed by atoms with E-state index in [-0.39, 0.29) is 10.6 Å². The number of unbranched alkanes of at least 4 members (excludes halogenated alkanes) is 2. The average molecular weight is 500 g/mol. The number of nitrogens with one attached hydrogen (secondary N) is 1. The van der Waals surface area contributed by atoms with E-state index < -0.39 is 27.7 Å². The first-order chi connectivity index (χ1) is 16.6. The van der Waals surface area contributed by atoms with Crippen molar-refractivity contribution in [3.8, 4) is 5.75 Å². The first-order valence-electron chi connectivity index (χ1n) is 12.0. The molecule has 0 bridgehead atoms. The van der Waals surface area contributed by atoms with Gasteiger partial charge in [0.1, 0.15) is 17.4 Å². The van der Waals surface area contributed by atoms with E-state index in [9.17, 15) is 18.0 Å². The van der Waals surface area contributed by atoms with Gasteiger partial charge in [-0.1, -0.05) is 50.8 Å². The number of hydrogen-bond donors (Lipinski definition) is 1. The normalized spacial score (nSPS) is 12.6. The molecule has 0 saturated carbocycles. The van der Waals surface area contributed by atoms with Gasteiger partial charge in [-0.2, -0.15) is 4.72 Å². The maximum absolute atomic E-state index is 13.3. The standard InChI is InChI=1S/C27H33NO6S/c1-5-7-9-20-17-25(29)33-23-15-19(4)16-24(26(20)23)34-27(30)22(10-8-6-2)28-35(31,32)21-13-11-18(3)12-14-21/h11-17,22,28H,5-10H2,1-4H3. The molecule has 0 amide bonds. The number of fused-ring (bicyclic) bond motifs is 1. The van der Waals surface area contributed by atoms with E-state index in [1.165, 1.54) is 18.2 Å². The zero-order valence-corrected chi connectivity index (χ0v) is 21.5. The molecule has 1 heterocycles. The highest BCUT2D eigenvalue weighted by Crippen LogP contribution is 2.31. The molecule has 2 aromatic carbocycles. The van der Waals surface area contributed by atoms with E-state index in [1.807, 2.05) is 20.8 Å². The number of carbonyl (C=O) groups excluding carboxylic acids is 1. The van der Waals surface area contributed by atoms with Gasteiger partial charge in [0, 0.05) is 6.07 Å². The Hall–Kier alpha value is -2.97. The molecule has 0 aliphatic rings. The molecule has 0 fully saturated rings. The highest BCUT2D eigenvalue weighted by molar-refractivity contribution is 7.89. The summed E-state index contributed by atoms with van der Waals surface area (Å²) in [6, 6.07) is 10.2. The topological polar surface area (TPSA) is 103 Å². The number of ether oxygens (including phenoxy) is 1. The molecule has 0 radical (unpaired) electrons. The van der Waals surface area contributed by atoms with Gasteiger partial charge < -0.3 is 9.15 Å². The molecule has 7 nitrogen and oxygen atoms in total. The van der Waals surface area contributed by atoms with Crippen molar-refractivity contribution < 1.29 is 22.4 Å². The summed E-state index contributed by atoms with van der Waals surface area (Å²) in [5.74, 6) is -0.440. The maximum Gasteiger partial charge on any atom is 0.336 e. The van der Waals surface area contributed by atoms with E-state index in [4.69, 9.17) is 9.15 Å². The van der Waals surface area contributed by atoms with E-state index >= 15 is 0 Å². The summed E-state index contributed by atoms with van der Waals surface area (Å²) >= 11 is 0. The molecule has 0 spiro atoms. The number of hydrogen-bond acceptors (Lipinski definition) is 6. The Kier molecular flexibility index (Phi) is 8.86. The predicted molar refractivity (Wildman–Crippen MR) is 136 cm³/mol. The van der Waals surface area contributed by atoms with E-state index in [0.29, 0.717) is 30.2 Å². The van der Waals surface area contributed by atoms with Gasteiger partial charge in [-0.3, -0.25) is 0 Å². The fourth-order valence-corrected chi connectivity index (χ4v) is 5.12. The van der Waals surface area contributed by atoms with Crippen LogP contribution in [0.25, 0.3) is 11.0 Å². The Morgan fingerprint density at radius 1 is 1.00 bits per heavy atom. The second kappa shape index (κ2) is 11.6. The fourth-order valence-electron chi connectivity index (χ4n) is 3.90. The lowest BCUT2D eigenvalue weighted by Gasteiger charge is -2.19. The molecule has 1 N–H and O–H groups in total. The molecule has 0 aliphatic heterocycles. The smallest absolute Gasteiger partial charge is 0.336 e. The Morgan fingerprint density at radius 2 is 1.69 bits per heavy atom. The van der Waals surface area contributed by atoms with Crippen LogP contribution in [0.15, 0.2) is 56.6 Å². The van der Waals surface area contributed by atoms with Crippen molar-refractivity contribution in [3.05, 3.63) is 69.6 Å². The van der Waals surface area contributed by atoms with Crippen LogP contribution in [0.5, 0.6) is 5.75 Å². The van der Waals surface area contributed by atoms with Gasteiger partial charge in [0.2, 0.25) is 10.0 Å². The zero-order chi connectivity index (χ0) is 25.6. The van der Waals surface area contributed by atoms with Gasteiger partial charge in [0.15, 0.2) is 0 Å². The van der Waals surface area contributed by atoms with Crippen molar-refractivity contribution >= 4 is 27.0 Å². The summed E-state index contributed by atoms with van der Waals surface area (Å²) in [7, 11) is -3.93. The minimum atomic E-state index is -3.93. The summed E-state index contributed by atoms with van der Waals surface area (Å²) in [5, 5.41) is 0.563. The third kappa shape index (κ3) is 6.80. The van der Waals surface area contributed by atoms with Crippen LogP contribution in [-0.4, -0.2) is 20.4 Å². The fraction of sp³-hybridized carbons (Fsp3) is 0.407. The summed E-state index contributed by atoms with van der Waals surface area (Å²) in [6.07, 6.45) is 4.14. The average Bonchev–Trinajstić information content (AvgIpc) is 2.79. The van der Waals surface area contributed by atoms with Crippen molar-refractivity contribution in [1.29, 1.82) is 0 Å². The summed E-state index contributed by atoms with van der Waals surface area (Å²) in [5.41, 5.74) is 2.31. The predicted octanol–water partition coefficient (Wildman–Crippen LogP) is 5.20. The van der Waals surface area contributed by atoms with Crippen molar-refractivity contribution in [2.75, 3.05) is 0 Å². The molecule has 1 aromatic heterocycles. The second-order valence-electron chi connectivity index (χ2n) is 8.88. The lowest BCUT2D eigenvalue weighted by Crippen LogP contribution is -2.43. The van der Waals surface area contributed by atoms with Crippen molar-refractivity contribution in [1.82, 2.24) is 4.72 Å². The third-order valence-corrected chi connectivity index (χ3v) is 7.29. The molecular weight excluding hydrogens is 466 g/mol. The van der Waals surface area contributed by atoms with Crippen molar-refractivity contribution in [3.63, 3.8) is 0 Å². The molecule has 3 rings (SSSR count). The number of aryl methyl sites for hydroxylation is 3. The SMILES string of the molecule is CCCCc1cc(=O)oc2cc(C)cc(OC(=O)C(CCCC)NS(=O)(=O)c3ccc(C)cc3)c12. The van der Waals surface area contributed by atoms with Crippen LogP contribution in [0.3, 0.4) is 0 Å². The summed E-state index contributed by atoms with van der Waals surface area (Å²) < 4.78 is 39.7. The molecule has 188 valence electrons. The molecule has 0 aliphatic carbocycles. The lowest BCUT2D eigenvalue weighted by molar-refractivity contribution is -0.136. The number of benzene rings is 2. The summed E-state index contributed by atoms with van der Waals surface area (Å²) in [6.45, 7) is 7.70. The summed E-state index contributed by atoms with van der Waals surface area (Å²) in [4.78, 5) is 25.5. The van der Waals surface area contributed by atoms with Crippen molar-refractivity contribution in [2.45, 2.75) is 77.2 Å². The highest BCUT2D eigenvalue weighted by Gasteiger charge is 2.28. The van der Waals surface area contributed by atoms with Crippen LogP contribution in [0.1, 0.15) is 62.6 Å². The number of sulfonamides is 1. The zero-order valence-electron chi connectivity index (χ0n) is 20.7. The Bertz CT molecular complexity index is 1340. The second-order valence-corrected chi connectivity index (χ2v) is 10.6. The van der Waals surface area contributed by atoms with E-state index in [2.05, 4.69) is 11.6 Å². The Balaban J connectivity index is 1.97. The largest absolute Gasteiger partial charge is 0.425 e. The molecule has 1 unspecified atom stereocenters. The van der Waals surface area contributed by atoms with Gasteiger partial charge in [-0.05, 0) is 68.5 Å². The monoisotopic (exact) mass is 499 g/mol. The third-order valence-electron chi connectivity index (χ3n) is 5.80. The molecule has 0 saturated heterocycles. The van der Waals surface area contributed by atoms with Crippen LogP contribution in [0, 0.1) is 13.8 Å².